The van der Waals surface area contributed by atoms with Gasteiger partial charge in [-0.05, 0) is 32.9 Å². The largest absolute Gasteiger partial charge is 0.466 e. The van der Waals surface area contributed by atoms with Crippen molar-refractivity contribution in [3.63, 3.8) is 0 Å². The van der Waals surface area contributed by atoms with Crippen molar-refractivity contribution in [2.45, 2.75) is 51.5 Å². The zero-order valence-corrected chi connectivity index (χ0v) is 15.2. The van der Waals surface area contributed by atoms with Crippen LogP contribution in [0, 0.1) is 5.92 Å². The maximum Gasteiger partial charge on any atom is 0.338 e. The highest BCUT2D eigenvalue weighted by molar-refractivity contribution is 5.89. The van der Waals surface area contributed by atoms with Crippen molar-refractivity contribution in [2.24, 2.45) is 5.92 Å². The maximum absolute atomic E-state index is 12.2. The van der Waals surface area contributed by atoms with Crippen molar-refractivity contribution in [1.82, 2.24) is 0 Å². The highest BCUT2D eigenvalue weighted by Crippen LogP contribution is 2.42. The molecule has 7 nitrogen and oxygen atoms in total. The van der Waals surface area contributed by atoms with Gasteiger partial charge in [0.25, 0.3) is 0 Å². The van der Waals surface area contributed by atoms with Crippen LogP contribution in [0.25, 0.3) is 0 Å². The summed E-state index contributed by atoms with van der Waals surface area (Å²) in [5.74, 6) is -1.88. The molecular weight excluding hydrogens is 340 g/mol. The molecule has 26 heavy (non-hydrogen) atoms. The highest BCUT2D eigenvalue weighted by atomic mass is 16.8. The van der Waals surface area contributed by atoms with Gasteiger partial charge in [-0.1, -0.05) is 18.2 Å². The molecular formula is C19H24O7. The van der Waals surface area contributed by atoms with Crippen LogP contribution >= 0.6 is 0 Å². The number of hydrogen-bond donors (Lipinski definition) is 0. The minimum absolute atomic E-state index is 0.0119. The molecule has 3 rings (SSSR count). The Kier molecular flexibility index (Phi) is 5.60. The predicted molar refractivity (Wildman–Crippen MR) is 90.2 cm³/mol. The smallest absolute Gasteiger partial charge is 0.338 e. The van der Waals surface area contributed by atoms with E-state index in [0.717, 1.165) is 0 Å². The molecule has 2 heterocycles. The summed E-state index contributed by atoms with van der Waals surface area (Å²) in [4.78, 5) is 24.1. The number of benzene rings is 1. The van der Waals surface area contributed by atoms with Gasteiger partial charge in [0, 0.05) is 5.92 Å². The van der Waals surface area contributed by atoms with Crippen LogP contribution in [0.4, 0.5) is 0 Å². The molecule has 2 saturated heterocycles. The molecule has 0 aromatic heterocycles. The SMILES string of the molecule is CCOC(=O)C[C@H]1C2OC(C)(C)OC2O[C@@H]1COC(=O)c1ccccc1. The fraction of sp³-hybridized carbons (Fsp3) is 0.579. The Balaban J connectivity index is 1.65. The van der Waals surface area contributed by atoms with Gasteiger partial charge in [-0.15, -0.1) is 0 Å². The molecule has 0 radical (unpaired) electrons. The molecule has 4 atom stereocenters. The first-order valence-electron chi connectivity index (χ1n) is 8.78. The predicted octanol–water partition coefficient (Wildman–Crippen LogP) is 2.29. The van der Waals surface area contributed by atoms with Crippen molar-refractivity contribution in [3.8, 4) is 0 Å². The lowest BCUT2D eigenvalue weighted by molar-refractivity contribution is -0.214. The number of esters is 2. The summed E-state index contributed by atoms with van der Waals surface area (Å²) in [7, 11) is 0. The molecule has 1 aromatic carbocycles. The minimum Gasteiger partial charge on any atom is -0.466 e. The van der Waals surface area contributed by atoms with Crippen LogP contribution < -0.4 is 0 Å². The normalized spacial score (nSPS) is 29.2. The molecule has 0 spiro atoms. The molecule has 1 aromatic rings. The molecule has 0 aliphatic carbocycles. The maximum atomic E-state index is 12.2. The molecule has 2 aliphatic heterocycles. The van der Waals surface area contributed by atoms with Gasteiger partial charge < -0.3 is 23.7 Å². The van der Waals surface area contributed by atoms with Crippen LogP contribution in [0.2, 0.25) is 0 Å². The molecule has 7 heteroatoms. The van der Waals surface area contributed by atoms with E-state index in [1.807, 2.05) is 6.07 Å². The fourth-order valence-electron chi connectivity index (χ4n) is 3.28. The Bertz CT molecular complexity index is 643. The lowest BCUT2D eigenvalue weighted by atomic mass is 9.95. The van der Waals surface area contributed by atoms with Gasteiger partial charge in [-0.3, -0.25) is 4.79 Å². The summed E-state index contributed by atoms with van der Waals surface area (Å²) in [5, 5.41) is 0. The Morgan fingerprint density at radius 1 is 1.12 bits per heavy atom. The van der Waals surface area contributed by atoms with Crippen LogP contribution in [0.3, 0.4) is 0 Å². The van der Waals surface area contributed by atoms with E-state index in [9.17, 15) is 9.59 Å². The summed E-state index contributed by atoms with van der Waals surface area (Å²) in [6, 6.07) is 8.71. The number of rotatable bonds is 6. The van der Waals surface area contributed by atoms with Gasteiger partial charge in [0.2, 0.25) is 0 Å². The Morgan fingerprint density at radius 3 is 2.54 bits per heavy atom. The number of hydrogen-bond acceptors (Lipinski definition) is 7. The van der Waals surface area contributed by atoms with E-state index in [4.69, 9.17) is 23.7 Å². The van der Waals surface area contributed by atoms with Crippen molar-refractivity contribution < 1.29 is 33.3 Å². The lowest BCUT2D eigenvalue weighted by Gasteiger charge is -2.25. The highest BCUT2D eigenvalue weighted by Gasteiger charge is 2.55. The lowest BCUT2D eigenvalue weighted by Crippen LogP contribution is -2.34. The molecule has 2 aliphatic rings. The second kappa shape index (κ2) is 7.73. The number of carbonyl (C=O) groups excluding carboxylic acids is 2. The van der Waals surface area contributed by atoms with E-state index in [2.05, 4.69) is 0 Å². The first kappa shape index (κ1) is 18.8. The average molecular weight is 364 g/mol. The standard InChI is InChI=1S/C19H24O7/c1-4-22-15(20)10-13-14(24-18-16(13)25-19(2,3)26-18)11-23-17(21)12-8-6-5-7-9-12/h5-9,13-14,16,18H,4,10-11H2,1-3H3/t13-,14-,16?,18?/m1/s1. The van der Waals surface area contributed by atoms with E-state index in [1.165, 1.54) is 0 Å². The van der Waals surface area contributed by atoms with E-state index >= 15 is 0 Å². The molecule has 2 fully saturated rings. The third-order valence-corrected chi connectivity index (χ3v) is 4.39. The monoisotopic (exact) mass is 364 g/mol. The third kappa shape index (κ3) is 4.23. The van der Waals surface area contributed by atoms with E-state index in [0.29, 0.717) is 12.2 Å². The summed E-state index contributed by atoms with van der Waals surface area (Å²) < 4.78 is 27.9. The van der Waals surface area contributed by atoms with Gasteiger partial charge in [-0.25, -0.2) is 4.79 Å². The summed E-state index contributed by atoms with van der Waals surface area (Å²) in [6.45, 7) is 5.65. The Morgan fingerprint density at radius 2 is 1.85 bits per heavy atom. The molecule has 2 unspecified atom stereocenters. The van der Waals surface area contributed by atoms with Crippen LogP contribution in [-0.4, -0.2) is 49.4 Å². The zero-order valence-electron chi connectivity index (χ0n) is 15.2. The first-order chi connectivity index (χ1) is 12.4. The fourth-order valence-corrected chi connectivity index (χ4v) is 3.28. The van der Waals surface area contributed by atoms with Gasteiger partial charge in [0.05, 0.1) is 18.6 Å². The van der Waals surface area contributed by atoms with Crippen LogP contribution in [0.1, 0.15) is 37.6 Å². The van der Waals surface area contributed by atoms with E-state index < -0.39 is 30.3 Å². The molecule has 142 valence electrons. The quantitative estimate of drug-likeness (QED) is 0.717. The summed E-state index contributed by atoms with van der Waals surface area (Å²) in [5.41, 5.74) is 0.460. The van der Waals surface area contributed by atoms with Gasteiger partial charge in [-0.2, -0.15) is 0 Å². The molecule has 0 amide bonds. The molecule has 0 bridgehead atoms. The van der Waals surface area contributed by atoms with Crippen LogP contribution in [0.15, 0.2) is 30.3 Å². The van der Waals surface area contributed by atoms with E-state index in [1.54, 1.807) is 45.0 Å². The number of carbonyl (C=O) groups is 2. The van der Waals surface area contributed by atoms with Crippen molar-refractivity contribution in [2.75, 3.05) is 13.2 Å². The van der Waals surface area contributed by atoms with Gasteiger partial charge in [0.1, 0.15) is 18.8 Å². The van der Waals surface area contributed by atoms with Crippen LogP contribution in [0.5, 0.6) is 0 Å². The molecule has 0 saturated carbocycles. The average Bonchev–Trinajstić information content (AvgIpc) is 3.06. The molecule has 0 N–H and O–H groups in total. The minimum atomic E-state index is -0.784. The first-order valence-corrected chi connectivity index (χ1v) is 8.78. The van der Waals surface area contributed by atoms with Crippen LogP contribution in [-0.2, 0) is 28.5 Å². The second-order valence-corrected chi connectivity index (χ2v) is 6.78. The van der Waals surface area contributed by atoms with E-state index in [-0.39, 0.29) is 24.9 Å². The number of ether oxygens (including phenoxy) is 5. The van der Waals surface area contributed by atoms with Gasteiger partial charge in [0.15, 0.2) is 12.1 Å². The second-order valence-electron chi connectivity index (χ2n) is 6.78. The van der Waals surface area contributed by atoms with Gasteiger partial charge >= 0.3 is 11.9 Å². The summed E-state index contributed by atoms with van der Waals surface area (Å²) >= 11 is 0. The number of fused-ring (bicyclic) bond motifs is 1. The van der Waals surface area contributed by atoms with Crippen molar-refractivity contribution >= 4 is 11.9 Å². The zero-order chi connectivity index (χ0) is 18.7. The Hall–Kier alpha value is -1.96. The van der Waals surface area contributed by atoms with Crippen molar-refractivity contribution in [1.29, 1.82) is 0 Å². The van der Waals surface area contributed by atoms with Crippen molar-refractivity contribution in [3.05, 3.63) is 35.9 Å². The Labute approximate surface area is 152 Å². The summed E-state index contributed by atoms with van der Waals surface area (Å²) in [6.07, 6.45) is -1.39. The third-order valence-electron chi connectivity index (χ3n) is 4.39. The topological polar surface area (TPSA) is 80.3 Å².